The number of halogens is 1. The van der Waals surface area contributed by atoms with Gasteiger partial charge < -0.3 is 15.2 Å². The molecule has 0 saturated heterocycles. The van der Waals surface area contributed by atoms with E-state index in [0.717, 1.165) is 16.7 Å². The molecule has 1 heterocycles. The molecule has 0 unspecified atom stereocenters. The highest BCUT2D eigenvalue weighted by Gasteiger charge is 2.16. The number of aromatic nitrogens is 2. The van der Waals surface area contributed by atoms with Crippen LogP contribution < -0.4 is 15.2 Å². The minimum atomic E-state index is 0.338. The van der Waals surface area contributed by atoms with Gasteiger partial charge in [-0.3, -0.25) is 4.57 Å². The molecule has 0 bridgehead atoms. The number of rotatable bonds is 3. The molecule has 3 aromatic rings. The van der Waals surface area contributed by atoms with Crippen LogP contribution in [0.2, 0.25) is 5.02 Å². The van der Waals surface area contributed by atoms with Crippen LogP contribution in [-0.4, -0.2) is 23.8 Å². The monoisotopic (exact) mass is 303 g/mol. The molecular weight excluding hydrogens is 290 g/mol. The normalized spacial score (nSPS) is 10.8. The molecule has 6 heteroatoms. The number of imidazole rings is 1. The molecule has 1 aromatic heterocycles. The van der Waals surface area contributed by atoms with Gasteiger partial charge in [-0.1, -0.05) is 17.7 Å². The number of nitrogen functional groups attached to an aromatic ring is 1. The minimum absolute atomic E-state index is 0.338. The van der Waals surface area contributed by atoms with Gasteiger partial charge in [-0.05, 0) is 24.3 Å². The Morgan fingerprint density at radius 1 is 1.14 bits per heavy atom. The van der Waals surface area contributed by atoms with Gasteiger partial charge in [0.25, 0.3) is 0 Å². The molecule has 0 atom stereocenters. The molecule has 0 radical (unpaired) electrons. The van der Waals surface area contributed by atoms with E-state index >= 15 is 0 Å². The first-order valence-corrected chi connectivity index (χ1v) is 6.68. The van der Waals surface area contributed by atoms with Crippen molar-refractivity contribution < 1.29 is 9.47 Å². The first kappa shape index (κ1) is 13.6. The number of hydrogen-bond acceptors (Lipinski definition) is 4. The molecule has 0 saturated carbocycles. The highest BCUT2D eigenvalue weighted by atomic mass is 35.5. The lowest BCUT2D eigenvalue weighted by Gasteiger charge is -2.13. The summed E-state index contributed by atoms with van der Waals surface area (Å²) in [6.45, 7) is 0. The summed E-state index contributed by atoms with van der Waals surface area (Å²) in [4.78, 5) is 4.34. The van der Waals surface area contributed by atoms with Gasteiger partial charge in [-0.15, -0.1) is 0 Å². The first-order valence-electron chi connectivity index (χ1n) is 6.30. The molecule has 0 fully saturated rings. The Bertz CT molecular complexity index is 814. The lowest BCUT2D eigenvalue weighted by atomic mass is 10.2. The van der Waals surface area contributed by atoms with E-state index in [9.17, 15) is 0 Å². The van der Waals surface area contributed by atoms with Crippen LogP contribution in [0.5, 0.6) is 11.5 Å². The molecule has 0 spiro atoms. The number of methoxy groups -OCH3 is 2. The van der Waals surface area contributed by atoms with E-state index in [1.54, 1.807) is 24.9 Å². The summed E-state index contributed by atoms with van der Waals surface area (Å²) in [7, 11) is 3.20. The van der Waals surface area contributed by atoms with Crippen LogP contribution in [0.3, 0.4) is 0 Å². The summed E-state index contributed by atoms with van der Waals surface area (Å²) in [5.41, 5.74) is 8.26. The molecule has 5 nitrogen and oxygen atoms in total. The van der Waals surface area contributed by atoms with Crippen molar-refractivity contribution in [2.45, 2.75) is 0 Å². The molecule has 3 rings (SSSR count). The van der Waals surface area contributed by atoms with Gasteiger partial charge in [0.15, 0.2) is 0 Å². The molecule has 0 aliphatic rings. The Hall–Kier alpha value is -2.40. The molecule has 0 aliphatic heterocycles. The molecule has 21 heavy (non-hydrogen) atoms. The van der Waals surface area contributed by atoms with Gasteiger partial charge in [-0.25, -0.2) is 4.98 Å². The molecule has 2 N–H and O–H groups in total. The third kappa shape index (κ3) is 2.15. The molecule has 2 aromatic carbocycles. The molecular formula is C15H14ClN3O2. The van der Waals surface area contributed by atoms with Crippen LogP contribution in [-0.2, 0) is 0 Å². The SMILES string of the molecule is COc1ccc(OC)c(-n2c(N)nc3cccc(Cl)c32)c1. The van der Waals surface area contributed by atoms with Crippen molar-refractivity contribution >= 4 is 28.6 Å². The number of anilines is 1. The molecule has 0 amide bonds. The van der Waals surface area contributed by atoms with E-state index in [4.69, 9.17) is 26.8 Å². The lowest BCUT2D eigenvalue weighted by molar-refractivity contribution is 0.402. The summed E-state index contributed by atoms with van der Waals surface area (Å²) >= 11 is 6.31. The number of benzene rings is 2. The Morgan fingerprint density at radius 3 is 2.67 bits per heavy atom. The number of nitrogens with two attached hydrogens (primary N) is 1. The van der Waals surface area contributed by atoms with Crippen molar-refractivity contribution in [3.8, 4) is 17.2 Å². The smallest absolute Gasteiger partial charge is 0.206 e. The predicted octanol–water partition coefficient (Wildman–Crippen LogP) is 3.28. The highest BCUT2D eigenvalue weighted by molar-refractivity contribution is 6.35. The van der Waals surface area contributed by atoms with E-state index in [0.29, 0.717) is 22.5 Å². The van der Waals surface area contributed by atoms with Crippen molar-refractivity contribution in [3.05, 3.63) is 41.4 Å². The van der Waals surface area contributed by atoms with Crippen LogP contribution in [0.15, 0.2) is 36.4 Å². The number of ether oxygens (including phenoxy) is 2. The second-order valence-electron chi connectivity index (χ2n) is 4.45. The van der Waals surface area contributed by atoms with Crippen molar-refractivity contribution in [1.82, 2.24) is 9.55 Å². The maximum absolute atomic E-state index is 6.31. The first-order chi connectivity index (χ1) is 10.2. The van der Waals surface area contributed by atoms with E-state index in [-0.39, 0.29) is 0 Å². The zero-order valence-corrected chi connectivity index (χ0v) is 12.4. The summed E-state index contributed by atoms with van der Waals surface area (Å²) < 4.78 is 12.4. The molecule has 0 aliphatic carbocycles. The van der Waals surface area contributed by atoms with Gasteiger partial charge in [0.1, 0.15) is 11.5 Å². The van der Waals surface area contributed by atoms with Crippen molar-refractivity contribution in [3.63, 3.8) is 0 Å². The fourth-order valence-corrected chi connectivity index (χ4v) is 2.57. The van der Waals surface area contributed by atoms with E-state index in [1.165, 1.54) is 0 Å². The number of nitrogens with zero attached hydrogens (tertiary/aromatic N) is 2. The Balaban J connectivity index is 2.37. The topological polar surface area (TPSA) is 62.3 Å². The van der Waals surface area contributed by atoms with Crippen LogP contribution in [0, 0.1) is 0 Å². The summed E-state index contributed by atoms with van der Waals surface area (Å²) in [5.74, 6) is 1.69. The minimum Gasteiger partial charge on any atom is -0.497 e. The third-order valence-electron chi connectivity index (χ3n) is 3.28. The number of hydrogen-bond donors (Lipinski definition) is 1. The fourth-order valence-electron chi connectivity index (χ4n) is 2.32. The Labute approximate surface area is 126 Å². The lowest BCUT2D eigenvalue weighted by Crippen LogP contribution is -2.03. The third-order valence-corrected chi connectivity index (χ3v) is 3.59. The average Bonchev–Trinajstić information content (AvgIpc) is 2.84. The number of fused-ring (bicyclic) bond motifs is 1. The average molecular weight is 304 g/mol. The van der Waals surface area contributed by atoms with E-state index in [2.05, 4.69) is 4.98 Å². The van der Waals surface area contributed by atoms with Gasteiger partial charge in [0.2, 0.25) is 5.95 Å². The predicted molar refractivity (Wildman–Crippen MR) is 83.6 cm³/mol. The second-order valence-corrected chi connectivity index (χ2v) is 4.86. The molecule has 108 valence electrons. The summed E-state index contributed by atoms with van der Waals surface area (Å²) in [5, 5.41) is 0.571. The maximum Gasteiger partial charge on any atom is 0.206 e. The standard InChI is InChI=1S/C15H14ClN3O2/c1-20-9-6-7-13(21-2)12(8-9)19-14-10(16)4-3-5-11(14)18-15(19)17/h3-8H,1-2H3,(H2,17,18). The maximum atomic E-state index is 6.31. The van der Waals surface area contributed by atoms with Crippen LogP contribution >= 0.6 is 11.6 Å². The van der Waals surface area contributed by atoms with Crippen LogP contribution in [0.4, 0.5) is 5.95 Å². The van der Waals surface area contributed by atoms with Crippen molar-refractivity contribution in [2.24, 2.45) is 0 Å². The van der Waals surface area contributed by atoms with Gasteiger partial charge in [0.05, 0.1) is 36.0 Å². The van der Waals surface area contributed by atoms with Crippen molar-refractivity contribution in [1.29, 1.82) is 0 Å². The van der Waals surface area contributed by atoms with Gasteiger partial charge in [0, 0.05) is 6.07 Å². The van der Waals surface area contributed by atoms with Crippen LogP contribution in [0.1, 0.15) is 0 Å². The van der Waals surface area contributed by atoms with Crippen LogP contribution in [0.25, 0.3) is 16.7 Å². The summed E-state index contributed by atoms with van der Waals surface area (Å²) in [6.07, 6.45) is 0. The Morgan fingerprint density at radius 2 is 1.95 bits per heavy atom. The fraction of sp³-hybridized carbons (Fsp3) is 0.133. The second kappa shape index (κ2) is 5.18. The zero-order chi connectivity index (χ0) is 15.0. The highest BCUT2D eigenvalue weighted by Crippen LogP contribution is 2.34. The van der Waals surface area contributed by atoms with Gasteiger partial charge in [-0.2, -0.15) is 0 Å². The largest absolute Gasteiger partial charge is 0.497 e. The zero-order valence-electron chi connectivity index (χ0n) is 11.6. The summed E-state index contributed by atoms with van der Waals surface area (Å²) in [6, 6.07) is 11.0. The number of para-hydroxylation sites is 1. The van der Waals surface area contributed by atoms with E-state index < -0.39 is 0 Å². The van der Waals surface area contributed by atoms with Crippen molar-refractivity contribution in [2.75, 3.05) is 20.0 Å². The van der Waals surface area contributed by atoms with Gasteiger partial charge >= 0.3 is 0 Å². The van der Waals surface area contributed by atoms with E-state index in [1.807, 2.05) is 30.3 Å². The quantitative estimate of drug-likeness (QED) is 0.806. The Kier molecular flexibility index (Phi) is 3.35.